The van der Waals surface area contributed by atoms with Gasteiger partial charge in [0.15, 0.2) is 0 Å². The van der Waals surface area contributed by atoms with Gasteiger partial charge in [-0.15, -0.1) is 11.3 Å². The summed E-state index contributed by atoms with van der Waals surface area (Å²) in [7, 11) is -0.0469. The maximum Gasteiger partial charge on any atom is 0.244 e. The third-order valence-electron chi connectivity index (χ3n) is 2.95. The second-order valence-electron chi connectivity index (χ2n) is 4.56. The molecule has 0 bridgehead atoms. The Morgan fingerprint density at radius 2 is 2.20 bits per heavy atom. The van der Waals surface area contributed by atoms with E-state index in [4.69, 9.17) is 4.42 Å². The van der Waals surface area contributed by atoms with Crippen LogP contribution in [0.5, 0.6) is 0 Å². The zero-order valence-electron chi connectivity index (χ0n) is 11.7. The second-order valence-corrected chi connectivity index (χ2v) is 7.91. The Morgan fingerprint density at radius 1 is 1.45 bits per heavy atom. The number of hydrogen-bond donors (Lipinski definition) is 1. The molecule has 0 unspecified atom stereocenters. The number of furan rings is 1. The van der Waals surface area contributed by atoms with Crippen molar-refractivity contribution < 1.29 is 12.8 Å². The summed E-state index contributed by atoms with van der Waals surface area (Å²) in [6, 6.07) is 3.51. The summed E-state index contributed by atoms with van der Waals surface area (Å²) in [6.45, 7) is 2.81. The fourth-order valence-corrected chi connectivity index (χ4v) is 4.71. The molecule has 20 heavy (non-hydrogen) atoms. The third kappa shape index (κ3) is 3.12. The first-order valence-corrected chi connectivity index (χ1v) is 8.42. The molecule has 0 radical (unpaired) electrons. The molecular formula is C13H18N2O3S2. The number of aryl methyl sites for hydroxylation is 1. The fraction of sp³-hybridized carbons (Fsp3) is 0.385. The van der Waals surface area contributed by atoms with Gasteiger partial charge in [0.05, 0.1) is 17.4 Å². The minimum atomic E-state index is -3.47. The predicted molar refractivity (Wildman–Crippen MR) is 79.2 cm³/mol. The zero-order chi connectivity index (χ0) is 14.8. The molecule has 5 nitrogen and oxygen atoms in total. The van der Waals surface area contributed by atoms with E-state index in [-0.39, 0.29) is 0 Å². The van der Waals surface area contributed by atoms with Gasteiger partial charge in [0.1, 0.15) is 0 Å². The molecule has 0 saturated heterocycles. The van der Waals surface area contributed by atoms with Gasteiger partial charge in [-0.1, -0.05) is 0 Å². The molecule has 0 spiro atoms. The van der Waals surface area contributed by atoms with Crippen LogP contribution in [-0.2, 0) is 23.1 Å². The van der Waals surface area contributed by atoms with Crippen LogP contribution < -0.4 is 5.32 Å². The molecule has 2 aromatic rings. The van der Waals surface area contributed by atoms with Crippen LogP contribution in [0.4, 0.5) is 0 Å². The number of rotatable bonds is 6. The first-order chi connectivity index (χ1) is 9.45. The van der Waals surface area contributed by atoms with Gasteiger partial charge in [-0.3, -0.25) is 0 Å². The van der Waals surface area contributed by atoms with Gasteiger partial charge in [-0.05, 0) is 26.1 Å². The highest BCUT2D eigenvalue weighted by molar-refractivity contribution is 7.89. The van der Waals surface area contributed by atoms with Gasteiger partial charge in [0.25, 0.3) is 0 Å². The van der Waals surface area contributed by atoms with Crippen LogP contribution in [0, 0.1) is 6.92 Å². The van der Waals surface area contributed by atoms with Crippen LogP contribution in [0.3, 0.4) is 0 Å². The number of nitrogens with one attached hydrogen (secondary N) is 1. The van der Waals surface area contributed by atoms with Crippen LogP contribution in [0.1, 0.15) is 15.3 Å². The molecule has 0 aliphatic heterocycles. The maximum absolute atomic E-state index is 12.6. The Kier molecular flexibility index (Phi) is 4.64. The predicted octanol–water partition coefficient (Wildman–Crippen LogP) is 2.19. The van der Waals surface area contributed by atoms with Crippen LogP contribution >= 0.6 is 11.3 Å². The fourth-order valence-electron chi connectivity index (χ4n) is 1.93. The minimum absolute atomic E-state index is 0.301. The van der Waals surface area contributed by atoms with Gasteiger partial charge in [0, 0.05) is 35.5 Å². The maximum atomic E-state index is 12.6. The van der Waals surface area contributed by atoms with Gasteiger partial charge in [-0.25, -0.2) is 8.42 Å². The topological polar surface area (TPSA) is 62.6 Å². The first-order valence-electron chi connectivity index (χ1n) is 6.16. The summed E-state index contributed by atoms with van der Waals surface area (Å²) in [5.74, 6) is 0. The number of nitrogens with zero attached hydrogens (tertiary/aromatic N) is 1. The number of sulfonamides is 1. The van der Waals surface area contributed by atoms with Crippen molar-refractivity contribution in [3.8, 4) is 0 Å². The van der Waals surface area contributed by atoms with Gasteiger partial charge in [0.2, 0.25) is 10.0 Å². The molecule has 1 N–H and O–H groups in total. The van der Waals surface area contributed by atoms with Crippen LogP contribution in [0.2, 0.25) is 0 Å². The molecule has 2 aromatic heterocycles. The summed E-state index contributed by atoms with van der Waals surface area (Å²) >= 11 is 1.50. The average molecular weight is 314 g/mol. The lowest BCUT2D eigenvalue weighted by Crippen LogP contribution is -2.26. The second kappa shape index (κ2) is 6.09. The number of hydrogen-bond acceptors (Lipinski definition) is 5. The Bertz CT molecular complexity index is 660. The Balaban J connectivity index is 2.25. The van der Waals surface area contributed by atoms with Crippen LogP contribution in [0.25, 0.3) is 0 Å². The largest absolute Gasteiger partial charge is 0.472 e. The van der Waals surface area contributed by atoms with Crippen molar-refractivity contribution in [3.05, 3.63) is 40.0 Å². The van der Waals surface area contributed by atoms with Crippen molar-refractivity contribution in [2.45, 2.75) is 24.9 Å². The van der Waals surface area contributed by atoms with E-state index in [1.54, 1.807) is 25.4 Å². The molecule has 0 saturated carbocycles. The van der Waals surface area contributed by atoms with E-state index in [1.165, 1.54) is 21.9 Å². The Morgan fingerprint density at radius 3 is 2.80 bits per heavy atom. The van der Waals surface area contributed by atoms with Crippen LogP contribution in [0.15, 0.2) is 34.0 Å². The molecule has 110 valence electrons. The van der Waals surface area contributed by atoms with E-state index in [9.17, 15) is 8.42 Å². The van der Waals surface area contributed by atoms with Crippen molar-refractivity contribution >= 4 is 21.4 Å². The van der Waals surface area contributed by atoms with E-state index in [0.29, 0.717) is 18.0 Å². The highest BCUT2D eigenvalue weighted by Crippen LogP contribution is 2.28. The average Bonchev–Trinajstić information content (AvgIpc) is 2.99. The Labute approximate surface area is 123 Å². The van der Waals surface area contributed by atoms with Gasteiger partial charge in [-0.2, -0.15) is 4.31 Å². The number of thiophene rings is 1. The first kappa shape index (κ1) is 15.2. The quantitative estimate of drug-likeness (QED) is 0.888. The van der Waals surface area contributed by atoms with Crippen molar-refractivity contribution in [2.24, 2.45) is 0 Å². The van der Waals surface area contributed by atoms with E-state index in [0.717, 1.165) is 15.3 Å². The highest BCUT2D eigenvalue weighted by atomic mass is 32.2. The van der Waals surface area contributed by atoms with Crippen molar-refractivity contribution in [1.29, 1.82) is 0 Å². The van der Waals surface area contributed by atoms with E-state index >= 15 is 0 Å². The molecule has 0 atom stereocenters. The molecular weight excluding hydrogens is 296 g/mol. The van der Waals surface area contributed by atoms with Crippen LogP contribution in [-0.4, -0.2) is 26.8 Å². The molecule has 0 fully saturated rings. The molecule has 2 rings (SSSR count). The van der Waals surface area contributed by atoms with Crippen molar-refractivity contribution in [1.82, 2.24) is 9.62 Å². The summed E-state index contributed by atoms with van der Waals surface area (Å²) in [6.07, 6.45) is 3.09. The zero-order valence-corrected chi connectivity index (χ0v) is 13.3. The lowest BCUT2D eigenvalue weighted by molar-refractivity contribution is 0.463. The molecule has 0 aliphatic rings. The standard InChI is InChI=1S/C13H18N2O3S2/c1-10-13(6-12(19-10)7-14-2)20(16,17)15(3)8-11-4-5-18-9-11/h4-6,9,14H,7-8H2,1-3H3. The molecule has 0 aliphatic carbocycles. The molecule has 7 heteroatoms. The van der Waals surface area contributed by atoms with Gasteiger partial charge >= 0.3 is 0 Å². The van der Waals surface area contributed by atoms with Gasteiger partial charge < -0.3 is 9.73 Å². The smallest absolute Gasteiger partial charge is 0.244 e. The van der Waals surface area contributed by atoms with Crippen molar-refractivity contribution in [2.75, 3.05) is 14.1 Å². The highest BCUT2D eigenvalue weighted by Gasteiger charge is 2.25. The van der Waals surface area contributed by atoms with E-state index in [2.05, 4.69) is 5.32 Å². The minimum Gasteiger partial charge on any atom is -0.472 e. The lowest BCUT2D eigenvalue weighted by Gasteiger charge is -2.15. The monoisotopic (exact) mass is 314 g/mol. The van der Waals surface area contributed by atoms with E-state index in [1.807, 2.05) is 14.0 Å². The summed E-state index contributed by atoms with van der Waals surface area (Å²) < 4.78 is 31.5. The molecule has 0 aromatic carbocycles. The normalized spacial score (nSPS) is 12.2. The van der Waals surface area contributed by atoms with Crippen molar-refractivity contribution in [3.63, 3.8) is 0 Å². The lowest BCUT2D eigenvalue weighted by atomic mass is 10.3. The van der Waals surface area contributed by atoms with E-state index < -0.39 is 10.0 Å². The molecule has 0 amide bonds. The molecule has 2 heterocycles. The summed E-state index contributed by atoms with van der Waals surface area (Å²) in [5.41, 5.74) is 0.833. The Hall–Kier alpha value is -1.15. The summed E-state index contributed by atoms with van der Waals surface area (Å²) in [4.78, 5) is 2.22. The SMILES string of the molecule is CNCc1cc(S(=O)(=O)N(C)Cc2ccoc2)c(C)s1. The third-order valence-corrected chi connectivity index (χ3v) is 6.06. The summed E-state index contributed by atoms with van der Waals surface area (Å²) in [5, 5.41) is 3.03.